The van der Waals surface area contributed by atoms with Crippen LogP contribution in [0.5, 0.6) is 5.75 Å². The van der Waals surface area contributed by atoms with Crippen LogP contribution in [0.1, 0.15) is 44.6 Å². The lowest BCUT2D eigenvalue weighted by Gasteiger charge is -2.25. The fourth-order valence-corrected chi connectivity index (χ4v) is 4.53. The molecule has 2 amide bonds. The van der Waals surface area contributed by atoms with Crippen LogP contribution in [0.2, 0.25) is 0 Å². The third-order valence-corrected chi connectivity index (χ3v) is 6.16. The summed E-state index contributed by atoms with van der Waals surface area (Å²) in [7, 11) is 0. The molecule has 2 N–H and O–H groups in total. The molecule has 3 aliphatic heterocycles. The van der Waals surface area contributed by atoms with E-state index >= 15 is 0 Å². The zero-order valence-corrected chi connectivity index (χ0v) is 18.5. The van der Waals surface area contributed by atoms with Gasteiger partial charge < -0.3 is 19.9 Å². The van der Waals surface area contributed by atoms with Gasteiger partial charge in [0.15, 0.2) is 6.19 Å². The first-order valence-corrected chi connectivity index (χ1v) is 11.4. The van der Waals surface area contributed by atoms with E-state index in [0.717, 1.165) is 62.2 Å². The molecule has 0 saturated carbocycles. The van der Waals surface area contributed by atoms with E-state index in [4.69, 9.17) is 4.74 Å². The van der Waals surface area contributed by atoms with Crippen molar-refractivity contribution in [1.29, 1.82) is 5.26 Å². The van der Waals surface area contributed by atoms with Crippen LogP contribution in [0.4, 0.5) is 5.69 Å². The number of carbonyl (C=O) groups excluding carboxylic acids is 2. The average molecular weight is 439 g/mol. The van der Waals surface area contributed by atoms with E-state index in [1.54, 1.807) is 4.90 Å². The number of carbonyl (C=O) groups is 2. The number of nitrogens with one attached hydrogen (secondary N) is 2. The van der Waals surface area contributed by atoms with Crippen LogP contribution >= 0.6 is 0 Å². The number of anilines is 1. The smallest absolute Gasteiger partial charge is 0.247 e. The van der Waals surface area contributed by atoms with Gasteiger partial charge in [-0.05, 0) is 62.8 Å². The zero-order chi connectivity index (χ0) is 22.5. The van der Waals surface area contributed by atoms with Gasteiger partial charge in [0.05, 0.1) is 6.54 Å². The summed E-state index contributed by atoms with van der Waals surface area (Å²) in [6, 6.07) is 5.10. The number of fused-ring (bicyclic) bond motifs is 1. The van der Waals surface area contributed by atoms with Gasteiger partial charge in [-0.3, -0.25) is 14.9 Å². The van der Waals surface area contributed by atoms with E-state index in [2.05, 4.69) is 15.6 Å². The molecule has 3 heterocycles. The van der Waals surface area contributed by atoms with Crippen molar-refractivity contribution in [3.05, 3.63) is 23.8 Å². The molecular formula is C23H30N6O3. The Morgan fingerprint density at radius 3 is 2.81 bits per heavy atom. The zero-order valence-electron chi connectivity index (χ0n) is 18.5. The Morgan fingerprint density at radius 1 is 1.25 bits per heavy atom. The van der Waals surface area contributed by atoms with Crippen molar-refractivity contribution < 1.29 is 14.3 Å². The number of hydrogen-bond acceptors (Lipinski definition) is 5. The summed E-state index contributed by atoms with van der Waals surface area (Å²) in [4.78, 5) is 33.8. The number of nitrogens with zero attached hydrogens (tertiary/aromatic N) is 4. The fourth-order valence-electron chi connectivity index (χ4n) is 4.53. The number of benzene rings is 1. The molecule has 0 aliphatic carbocycles. The monoisotopic (exact) mass is 438 g/mol. The van der Waals surface area contributed by atoms with E-state index in [1.165, 1.54) is 0 Å². The molecule has 1 aromatic carbocycles. The van der Waals surface area contributed by atoms with Gasteiger partial charge in [-0.2, -0.15) is 5.26 Å². The SMILES string of the molecule is CC1Cc2cc(NC(=NC3CCCCN(CC(=O)N4CCCC4)C3=O)NC#N)ccc2O1. The molecule has 9 nitrogen and oxygen atoms in total. The van der Waals surface area contributed by atoms with Crippen molar-refractivity contribution in [3.63, 3.8) is 0 Å². The predicted octanol–water partition coefficient (Wildman–Crippen LogP) is 1.85. The first kappa shape index (κ1) is 21.9. The summed E-state index contributed by atoms with van der Waals surface area (Å²) in [5, 5.41) is 14.9. The van der Waals surface area contributed by atoms with Crippen LogP contribution in [0.15, 0.2) is 23.2 Å². The molecule has 2 fully saturated rings. The van der Waals surface area contributed by atoms with E-state index in [1.807, 2.05) is 36.2 Å². The maximum atomic E-state index is 13.2. The highest BCUT2D eigenvalue weighted by Gasteiger charge is 2.30. The van der Waals surface area contributed by atoms with Crippen molar-refractivity contribution in [2.24, 2.45) is 4.99 Å². The summed E-state index contributed by atoms with van der Waals surface area (Å²) >= 11 is 0. The molecule has 0 bridgehead atoms. The van der Waals surface area contributed by atoms with Crippen LogP contribution in [-0.4, -0.2) is 65.9 Å². The molecule has 1 aromatic rings. The summed E-state index contributed by atoms with van der Waals surface area (Å²) in [5.41, 5.74) is 1.86. The Morgan fingerprint density at radius 2 is 2.03 bits per heavy atom. The largest absolute Gasteiger partial charge is 0.490 e. The lowest BCUT2D eigenvalue weighted by Crippen LogP contribution is -2.45. The minimum absolute atomic E-state index is 0.00330. The van der Waals surface area contributed by atoms with Gasteiger partial charge in [0.1, 0.15) is 17.9 Å². The minimum atomic E-state index is -0.634. The van der Waals surface area contributed by atoms with Gasteiger partial charge in [-0.15, -0.1) is 0 Å². The molecular weight excluding hydrogens is 408 g/mol. The lowest BCUT2D eigenvalue weighted by atomic mass is 10.1. The highest BCUT2D eigenvalue weighted by molar-refractivity contribution is 5.97. The summed E-state index contributed by atoms with van der Waals surface area (Å²) in [6.45, 7) is 4.22. The number of rotatable bonds is 4. The van der Waals surface area contributed by atoms with Crippen molar-refractivity contribution in [3.8, 4) is 11.9 Å². The lowest BCUT2D eigenvalue weighted by molar-refractivity contribution is -0.140. The predicted molar refractivity (Wildman–Crippen MR) is 120 cm³/mol. The van der Waals surface area contributed by atoms with Crippen molar-refractivity contribution in [2.45, 2.75) is 57.6 Å². The molecule has 32 heavy (non-hydrogen) atoms. The van der Waals surface area contributed by atoms with Crippen molar-refractivity contribution >= 4 is 23.5 Å². The van der Waals surface area contributed by atoms with Crippen LogP contribution in [0, 0.1) is 11.5 Å². The van der Waals surface area contributed by atoms with Gasteiger partial charge in [0.2, 0.25) is 17.8 Å². The van der Waals surface area contributed by atoms with Gasteiger partial charge in [0, 0.05) is 31.7 Å². The first-order valence-electron chi connectivity index (χ1n) is 11.4. The van der Waals surface area contributed by atoms with E-state index < -0.39 is 6.04 Å². The third-order valence-electron chi connectivity index (χ3n) is 6.16. The second-order valence-corrected chi connectivity index (χ2v) is 8.65. The van der Waals surface area contributed by atoms with E-state index in [0.29, 0.717) is 13.0 Å². The summed E-state index contributed by atoms with van der Waals surface area (Å²) < 4.78 is 5.74. The van der Waals surface area contributed by atoms with Crippen LogP contribution in [-0.2, 0) is 16.0 Å². The Labute approximate surface area is 188 Å². The molecule has 2 atom stereocenters. The molecule has 9 heteroatoms. The summed E-state index contributed by atoms with van der Waals surface area (Å²) in [5.74, 6) is 0.936. The maximum Gasteiger partial charge on any atom is 0.247 e. The first-order chi connectivity index (χ1) is 15.5. The number of hydrogen-bond donors (Lipinski definition) is 2. The third kappa shape index (κ3) is 5.13. The van der Waals surface area contributed by atoms with Crippen LogP contribution < -0.4 is 15.4 Å². The highest BCUT2D eigenvalue weighted by atomic mass is 16.5. The van der Waals surface area contributed by atoms with E-state index in [-0.39, 0.29) is 30.4 Å². The van der Waals surface area contributed by atoms with Crippen molar-refractivity contribution in [1.82, 2.24) is 15.1 Å². The highest BCUT2D eigenvalue weighted by Crippen LogP contribution is 2.31. The Kier molecular flexibility index (Phi) is 6.78. The molecule has 2 saturated heterocycles. The van der Waals surface area contributed by atoms with Crippen LogP contribution in [0.3, 0.4) is 0 Å². The molecule has 0 radical (unpaired) electrons. The Hall–Kier alpha value is -3.28. The number of aliphatic imine (C=N–C) groups is 1. The van der Waals surface area contributed by atoms with E-state index in [9.17, 15) is 14.9 Å². The normalized spacial score (nSPS) is 23.2. The maximum absolute atomic E-state index is 13.2. The van der Waals surface area contributed by atoms with Crippen molar-refractivity contribution in [2.75, 3.05) is 31.5 Å². The molecule has 0 spiro atoms. The van der Waals surface area contributed by atoms with Gasteiger partial charge in [-0.1, -0.05) is 0 Å². The number of nitriles is 1. The number of ether oxygens (including phenoxy) is 1. The Bertz CT molecular complexity index is 934. The average Bonchev–Trinajstić information content (AvgIpc) is 3.39. The van der Waals surface area contributed by atoms with Gasteiger partial charge >= 0.3 is 0 Å². The molecule has 3 aliphatic rings. The molecule has 170 valence electrons. The standard InChI is InChI=1S/C23H30N6O3/c1-16-12-17-13-18(7-8-20(17)32-16)26-23(25-15-24)27-19-6-2-3-11-29(22(19)31)14-21(30)28-9-4-5-10-28/h7-8,13,16,19H,2-6,9-12,14H2,1H3,(H2,25,26,27). The molecule has 0 aromatic heterocycles. The quantitative estimate of drug-likeness (QED) is 0.321. The second kappa shape index (κ2) is 9.90. The number of amides is 2. The Balaban J connectivity index is 1.47. The van der Waals surface area contributed by atoms with Gasteiger partial charge in [-0.25, -0.2) is 4.99 Å². The number of likely N-dealkylation sites (tertiary alicyclic amines) is 2. The molecule has 2 unspecified atom stereocenters. The topological polar surface area (TPSA) is 110 Å². The van der Waals surface area contributed by atoms with Gasteiger partial charge in [0.25, 0.3) is 0 Å². The summed E-state index contributed by atoms with van der Waals surface area (Å²) in [6.07, 6.45) is 7.16. The molecule has 4 rings (SSSR count). The minimum Gasteiger partial charge on any atom is -0.490 e. The number of guanidine groups is 1. The fraction of sp³-hybridized carbons (Fsp3) is 0.565. The van der Waals surface area contributed by atoms with Crippen LogP contribution in [0.25, 0.3) is 0 Å². The second-order valence-electron chi connectivity index (χ2n) is 8.65.